The molecule has 0 spiro atoms. The van der Waals surface area contributed by atoms with E-state index in [4.69, 9.17) is 5.73 Å². The molecule has 0 aromatic carbocycles. The number of carbonyl (C=O) groups excluding carboxylic acids is 2. The van der Waals surface area contributed by atoms with Gasteiger partial charge in [-0.1, -0.05) is 0 Å². The predicted molar refractivity (Wildman–Crippen MR) is 89.8 cm³/mol. The largest absolute Gasteiger partial charge is 0.390 e. The lowest BCUT2D eigenvalue weighted by atomic mass is 9.47. The standard InChI is InChI=1S/C19H30N2O3/c1-12-2-3-15(17(20)23)10-21(12)16(22)9-18-5-13-4-14(6-18)8-19(24,7-13)11-18/h12-15,24H,2-11H2,1H3,(H2,20,23)/t12-,13+,14+,15+,18?,19?/m0/s1. The molecular formula is C19H30N2O3. The van der Waals surface area contributed by atoms with E-state index >= 15 is 0 Å². The number of likely N-dealkylation sites (tertiary alicyclic amines) is 1. The maximum atomic E-state index is 13.1. The van der Waals surface area contributed by atoms with Crippen LogP contribution in [0, 0.1) is 23.2 Å². The lowest BCUT2D eigenvalue weighted by Crippen LogP contribution is -2.57. The second-order valence-corrected chi connectivity index (χ2v) is 9.43. The maximum Gasteiger partial charge on any atom is 0.223 e. The SMILES string of the molecule is C[C@H]1CC[C@@H](C(N)=O)CN1C(=O)CC12C[C@H]3C[C@@H](CC(O)(C3)C1)C2. The Labute approximate surface area is 144 Å². The number of carbonyl (C=O) groups is 2. The molecule has 5 fully saturated rings. The summed E-state index contributed by atoms with van der Waals surface area (Å²) >= 11 is 0. The van der Waals surface area contributed by atoms with E-state index in [0.717, 1.165) is 44.9 Å². The molecule has 0 radical (unpaired) electrons. The lowest BCUT2D eigenvalue weighted by Gasteiger charge is -2.60. The smallest absolute Gasteiger partial charge is 0.223 e. The highest BCUT2D eigenvalue weighted by atomic mass is 16.3. The van der Waals surface area contributed by atoms with E-state index < -0.39 is 5.60 Å². The van der Waals surface area contributed by atoms with E-state index in [1.807, 2.05) is 4.90 Å². The van der Waals surface area contributed by atoms with E-state index in [1.165, 1.54) is 6.42 Å². The zero-order valence-electron chi connectivity index (χ0n) is 14.7. The quantitative estimate of drug-likeness (QED) is 0.826. The molecule has 0 aromatic rings. The molecule has 1 aliphatic heterocycles. The number of hydrogen-bond acceptors (Lipinski definition) is 3. The van der Waals surface area contributed by atoms with Crippen LogP contribution >= 0.6 is 0 Å². The molecule has 4 saturated carbocycles. The second-order valence-electron chi connectivity index (χ2n) is 9.43. The van der Waals surface area contributed by atoms with Gasteiger partial charge in [0.2, 0.25) is 11.8 Å². The van der Waals surface area contributed by atoms with Crippen molar-refractivity contribution in [3.05, 3.63) is 0 Å². The first kappa shape index (κ1) is 16.4. The van der Waals surface area contributed by atoms with Crippen LogP contribution in [0.25, 0.3) is 0 Å². The molecule has 5 rings (SSSR count). The summed E-state index contributed by atoms with van der Waals surface area (Å²) in [6, 6.07) is 0.185. The molecule has 4 atom stereocenters. The number of nitrogens with two attached hydrogens (primary N) is 1. The van der Waals surface area contributed by atoms with Crippen LogP contribution in [-0.4, -0.2) is 40.0 Å². The van der Waals surface area contributed by atoms with Gasteiger partial charge >= 0.3 is 0 Å². The highest BCUT2D eigenvalue weighted by Gasteiger charge is 2.57. The highest BCUT2D eigenvalue weighted by Crippen LogP contribution is 2.63. The molecule has 0 aromatic heterocycles. The number of rotatable bonds is 3. The first-order valence-corrected chi connectivity index (χ1v) is 9.59. The van der Waals surface area contributed by atoms with Gasteiger partial charge < -0.3 is 15.7 Å². The Morgan fingerprint density at radius 3 is 2.42 bits per heavy atom. The molecule has 4 aliphatic carbocycles. The lowest BCUT2D eigenvalue weighted by molar-refractivity contribution is -0.173. The number of nitrogens with zero attached hydrogens (tertiary/aromatic N) is 1. The van der Waals surface area contributed by atoms with Crippen molar-refractivity contribution in [1.82, 2.24) is 4.90 Å². The molecule has 1 heterocycles. The zero-order chi connectivity index (χ0) is 17.1. The van der Waals surface area contributed by atoms with Crippen molar-refractivity contribution in [2.24, 2.45) is 28.9 Å². The Kier molecular flexibility index (Phi) is 3.72. The summed E-state index contributed by atoms with van der Waals surface area (Å²) in [5, 5.41) is 10.9. The van der Waals surface area contributed by atoms with Crippen molar-refractivity contribution >= 4 is 11.8 Å². The summed E-state index contributed by atoms with van der Waals surface area (Å²) in [6.07, 6.45) is 8.27. The Morgan fingerprint density at radius 1 is 1.17 bits per heavy atom. The Hall–Kier alpha value is -1.10. The molecule has 3 N–H and O–H groups in total. The average Bonchev–Trinajstić information content (AvgIpc) is 2.43. The fourth-order valence-corrected chi connectivity index (χ4v) is 6.72. The first-order chi connectivity index (χ1) is 11.3. The number of primary amides is 1. The Bertz CT molecular complexity index is 547. The van der Waals surface area contributed by atoms with Crippen LogP contribution in [0.2, 0.25) is 0 Å². The van der Waals surface area contributed by atoms with Crippen molar-refractivity contribution in [2.75, 3.05) is 6.54 Å². The minimum Gasteiger partial charge on any atom is -0.390 e. The summed E-state index contributed by atoms with van der Waals surface area (Å²) in [5.41, 5.74) is 4.95. The number of piperidine rings is 1. The molecule has 134 valence electrons. The van der Waals surface area contributed by atoms with E-state index in [1.54, 1.807) is 0 Å². The van der Waals surface area contributed by atoms with Gasteiger partial charge in [-0.3, -0.25) is 9.59 Å². The van der Waals surface area contributed by atoms with Crippen LogP contribution < -0.4 is 5.73 Å². The third-order valence-corrected chi connectivity index (χ3v) is 7.28. The molecule has 4 bridgehead atoms. The number of aliphatic hydroxyl groups is 1. The normalized spacial score (nSPS) is 47.0. The van der Waals surface area contributed by atoms with Gasteiger partial charge in [-0.15, -0.1) is 0 Å². The summed E-state index contributed by atoms with van der Waals surface area (Å²) in [4.78, 5) is 26.5. The van der Waals surface area contributed by atoms with Crippen molar-refractivity contribution in [2.45, 2.75) is 76.4 Å². The van der Waals surface area contributed by atoms with E-state index in [9.17, 15) is 14.7 Å². The number of amides is 2. The average molecular weight is 334 g/mol. The minimum absolute atomic E-state index is 0.00466. The van der Waals surface area contributed by atoms with Crippen LogP contribution in [0.4, 0.5) is 0 Å². The molecule has 2 amide bonds. The molecule has 5 heteroatoms. The summed E-state index contributed by atoms with van der Waals surface area (Å²) in [7, 11) is 0. The van der Waals surface area contributed by atoms with Crippen LogP contribution in [0.5, 0.6) is 0 Å². The van der Waals surface area contributed by atoms with Crippen molar-refractivity contribution < 1.29 is 14.7 Å². The Balaban J connectivity index is 1.48. The highest BCUT2D eigenvalue weighted by molar-refractivity contribution is 5.81. The minimum atomic E-state index is -0.520. The van der Waals surface area contributed by atoms with Gasteiger partial charge in [0, 0.05) is 19.0 Å². The predicted octanol–water partition coefficient (Wildman–Crippen LogP) is 1.82. The fourth-order valence-electron chi connectivity index (χ4n) is 6.72. The first-order valence-electron chi connectivity index (χ1n) is 9.59. The molecule has 24 heavy (non-hydrogen) atoms. The van der Waals surface area contributed by atoms with Gasteiger partial charge in [-0.05, 0) is 75.5 Å². The van der Waals surface area contributed by atoms with Gasteiger partial charge in [-0.2, -0.15) is 0 Å². The van der Waals surface area contributed by atoms with Crippen molar-refractivity contribution in [3.8, 4) is 0 Å². The topological polar surface area (TPSA) is 83.6 Å². The second kappa shape index (κ2) is 5.45. The summed E-state index contributed by atoms with van der Waals surface area (Å²) in [6.45, 7) is 2.55. The van der Waals surface area contributed by atoms with E-state index in [2.05, 4.69) is 6.92 Å². The van der Waals surface area contributed by atoms with Crippen LogP contribution in [0.1, 0.15) is 64.7 Å². The fraction of sp³-hybridized carbons (Fsp3) is 0.895. The molecule has 5 nitrogen and oxygen atoms in total. The van der Waals surface area contributed by atoms with E-state index in [-0.39, 0.29) is 29.2 Å². The van der Waals surface area contributed by atoms with Crippen molar-refractivity contribution in [3.63, 3.8) is 0 Å². The van der Waals surface area contributed by atoms with Crippen molar-refractivity contribution in [1.29, 1.82) is 0 Å². The third-order valence-electron chi connectivity index (χ3n) is 7.28. The van der Waals surface area contributed by atoms with Crippen LogP contribution in [-0.2, 0) is 9.59 Å². The maximum absolute atomic E-state index is 13.1. The van der Waals surface area contributed by atoms with Gasteiger partial charge in [-0.25, -0.2) is 0 Å². The molecule has 5 aliphatic rings. The monoisotopic (exact) mass is 334 g/mol. The van der Waals surface area contributed by atoms with Gasteiger partial charge in [0.1, 0.15) is 0 Å². The van der Waals surface area contributed by atoms with E-state index in [0.29, 0.717) is 24.8 Å². The van der Waals surface area contributed by atoms with Crippen LogP contribution in [0.15, 0.2) is 0 Å². The summed E-state index contributed by atoms with van der Waals surface area (Å²) in [5.74, 6) is 0.871. The third kappa shape index (κ3) is 2.75. The summed E-state index contributed by atoms with van der Waals surface area (Å²) < 4.78 is 0. The number of hydrogen-bond donors (Lipinski definition) is 2. The van der Waals surface area contributed by atoms with Gasteiger partial charge in [0.15, 0.2) is 0 Å². The Morgan fingerprint density at radius 2 is 1.83 bits per heavy atom. The zero-order valence-corrected chi connectivity index (χ0v) is 14.7. The molecular weight excluding hydrogens is 304 g/mol. The van der Waals surface area contributed by atoms with Crippen LogP contribution in [0.3, 0.4) is 0 Å². The van der Waals surface area contributed by atoms with Gasteiger partial charge in [0.25, 0.3) is 0 Å². The molecule has 1 saturated heterocycles. The van der Waals surface area contributed by atoms with Gasteiger partial charge in [0.05, 0.1) is 11.5 Å². The molecule has 0 unspecified atom stereocenters.